The fourth-order valence-corrected chi connectivity index (χ4v) is 1.95. The molecule has 0 aliphatic rings. The molecule has 0 bridgehead atoms. The lowest BCUT2D eigenvalue weighted by Crippen LogP contribution is -2.23. The van der Waals surface area contributed by atoms with Crippen molar-refractivity contribution in [2.75, 3.05) is 13.2 Å². The smallest absolute Gasteiger partial charge is 0.407 e. The molecule has 0 saturated heterocycles. The third-order valence-corrected chi connectivity index (χ3v) is 3.05. The number of carbonyl (C=O) groups is 1. The molecule has 0 aliphatic heterocycles. The molecule has 0 atom stereocenters. The van der Waals surface area contributed by atoms with Crippen molar-refractivity contribution >= 4 is 6.09 Å². The summed E-state index contributed by atoms with van der Waals surface area (Å²) in [4.78, 5) is 11.0. The van der Waals surface area contributed by atoms with Crippen LogP contribution in [-0.2, 0) is 4.74 Å². The number of ether oxygens (including phenoxy) is 1. The highest BCUT2D eigenvalue weighted by Gasteiger charge is 1.98. The monoisotopic (exact) mass is 257 g/mol. The van der Waals surface area contributed by atoms with Crippen LogP contribution in [0.5, 0.6) is 0 Å². The van der Waals surface area contributed by atoms with Gasteiger partial charge in [-0.3, -0.25) is 0 Å². The van der Waals surface area contributed by atoms with Gasteiger partial charge >= 0.3 is 6.09 Å². The molecular weight excluding hydrogens is 226 g/mol. The van der Waals surface area contributed by atoms with Crippen molar-refractivity contribution in [1.29, 1.82) is 0 Å². The van der Waals surface area contributed by atoms with Gasteiger partial charge in [-0.15, -0.1) is 0 Å². The van der Waals surface area contributed by atoms with E-state index in [0.29, 0.717) is 13.2 Å². The highest BCUT2D eigenvalue weighted by molar-refractivity contribution is 5.66. The van der Waals surface area contributed by atoms with Gasteiger partial charge < -0.3 is 10.1 Å². The van der Waals surface area contributed by atoms with Crippen LogP contribution in [0.1, 0.15) is 78.1 Å². The summed E-state index contributed by atoms with van der Waals surface area (Å²) in [6.07, 6.45) is 12.7. The predicted molar refractivity (Wildman–Crippen MR) is 76.9 cm³/mol. The number of hydrogen-bond donors (Lipinski definition) is 1. The van der Waals surface area contributed by atoms with Gasteiger partial charge in [0.2, 0.25) is 0 Å². The van der Waals surface area contributed by atoms with Crippen molar-refractivity contribution in [1.82, 2.24) is 5.32 Å². The Hall–Kier alpha value is -0.730. The zero-order valence-electron chi connectivity index (χ0n) is 12.3. The van der Waals surface area contributed by atoms with E-state index in [4.69, 9.17) is 4.74 Å². The van der Waals surface area contributed by atoms with Gasteiger partial charge in [-0.25, -0.2) is 4.79 Å². The minimum absolute atomic E-state index is 0.284. The van der Waals surface area contributed by atoms with Crippen molar-refractivity contribution < 1.29 is 9.53 Å². The Morgan fingerprint density at radius 2 is 1.33 bits per heavy atom. The summed E-state index contributed by atoms with van der Waals surface area (Å²) in [5, 5.41) is 2.62. The number of hydrogen-bond acceptors (Lipinski definition) is 2. The average molecular weight is 257 g/mol. The maximum Gasteiger partial charge on any atom is 0.407 e. The van der Waals surface area contributed by atoms with Crippen LogP contribution in [0.25, 0.3) is 0 Å². The second-order valence-electron chi connectivity index (χ2n) is 4.85. The minimum atomic E-state index is -0.284. The highest BCUT2D eigenvalue weighted by atomic mass is 16.5. The second kappa shape index (κ2) is 14.3. The molecule has 0 spiro atoms. The lowest BCUT2D eigenvalue weighted by Gasteiger charge is -2.05. The molecule has 1 amide bonds. The lowest BCUT2D eigenvalue weighted by atomic mass is 10.1. The molecule has 3 nitrogen and oxygen atoms in total. The molecule has 108 valence electrons. The van der Waals surface area contributed by atoms with E-state index < -0.39 is 0 Å². The zero-order valence-corrected chi connectivity index (χ0v) is 12.3. The van der Waals surface area contributed by atoms with Crippen LogP contribution in [0.4, 0.5) is 4.79 Å². The molecule has 0 aliphatic carbocycles. The molecule has 0 heterocycles. The Kier molecular flexibility index (Phi) is 13.8. The minimum Gasteiger partial charge on any atom is -0.450 e. The molecule has 3 heteroatoms. The first-order valence-corrected chi connectivity index (χ1v) is 7.71. The largest absolute Gasteiger partial charge is 0.450 e. The SMILES string of the molecule is CCCCCCCCCCCCOC(=O)NCC. The van der Waals surface area contributed by atoms with Gasteiger partial charge in [0.1, 0.15) is 0 Å². The summed E-state index contributed by atoms with van der Waals surface area (Å²) >= 11 is 0. The zero-order chi connectivity index (χ0) is 13.5. The van der Waals surface area contributed by atoms with Crippen LogP contribution in [0.3, 0.4) is 0 Å². The van der Waals surface area contributed by atoms with Gasteiger partial charge in [0.25, 0.3) is 0 Å². The average Bonchev–Trinajstić information content (AvgIpc) is 2.36. The number of unbranched alkanes of at least 4 members (excludes halogenated alkanes) is 9. The van der Waals surface area contributed by atoms with E-state index in [-0.39, 0.29) is 6.09 Å². The van der Waals surface area contributed by atoms with Gasteiger partial charge in [-0.05, 0) is 13.3 Å². The Balaban J connectivity index is 3.01. The number of carbonyl (C=O) groups excluding carboxylic acids is 1. The first kappa shape index (κ1) is 17.3. The fraction of sp³-hybridized carbons (Fsp3) is 0.933. The summed E-state index contributed by atoms with van der Waals surface area (Å²) in [6.45, 7) is 5.34. The van der Waals surface area contributed by atoms with E-state index in [9.17, 15) is 4.79 Å². The maximum atomic E-state index is 11.0. The number of rotatable bonds is 12. The van der Waals surface area contributed by atoms with Crippen molar-refractivity contribution in [3.05, 3.63) is 0 Å². The van der Waals surface area contributed by atoms with Gasteiger partial charge in [0, 0.05) is 6.54 Å². The van der Waals surface area contributed by atoms with Crippen molar-refractivity contribution in [3.8, 4) is 0 Å². The predicted octanol–water partition coefficient (Wildman–Crippen LogP) is 4.65. The first-order chi connectivity index (χ1) is 8.81. The molecule has 0 fully saturated rings. The van der Waals surface area contributed by atoms with Gasteiger partial charge in [-0.1, -0.05) is 64.7 Å². The normalized spacial score (nSPS) is 10.3. The quantitative estimate of drug-likeness (QED) is 0.517. The fourth-order valence-electron chi connectivity index (χ4n) is 1.95. The molecule has 0 aromatic rings. The number of nitrogens with one attached hydrogen (secondary N) is 1. The summed E-state index contributed by atoms with van der Waals surface area (Å²) in [5.74, 6) is 0. The van der Waals surface area contributed by atoms with E-state index in [1.165, 1.54) is 57.8 Å². The van der Waals surface area contributed by atoms with Gasteiger partial charge in [0.05, 0.1) is 6.61 Å². The van der Waals surface area contributed by atoms with Crippen molar-refractivity contribution in [3.63, 3.8) is 0 Å². The Bertz CT molecular complexity index is 183. The molecule has 0 aromatic carbocycles. The second-order valence-corrected chi connectivity index (χ2v) is 4.85. The van der Waals surface area contributed by atoms with Crippen LogP contribution in [0, 0.1) is 0 Å². The number of amides is 1. The van der Waals surface area contributed by atoms with Crippen LogP contribution in [0.2, 0.25) is 0 Å². The number of alkyl carbamates (subject to hydrolysis) is 1. The van der Waals surface area contributed by atoms with Crippen LogP contribution < -0.4 is 5.32 Å². The maximum absolute atomic E-state index is 11.0. The van der Waals surface area contributed by atoms with E-state index in [0.717, 1.165) is 6.42 Å². The molecule has 1 N–H and O–H groups in total. The van der Waals surface area contributed by atoms with Gasteiger partial charge in [-0.2, -0.15) is 0 Å². The molecule has 0 unspecified atom stereocenters. The standard InChI is InChI=1S/C15H31NO2/c1-3-5-6-7-8-9-10-11-12-13-14-18-15(17)16-4-2/h3-14H2,1-2H3,(H,16,17). The van der Waals surface area contributed by atoms with Crippen molar-refractivity contribution in [2.24, 2.45) is 0 Å². The Morgan fingerprint density at radius 3 is 1.83 bits per heavy atom. The molecule has 0 saturated carbocycles. The molecule has 0 aromatic heterocycles. The summed E-state index contributed by atoms with van der Waals surface area (Å²) in [6, 6.07) is 0. The molecule has 18 heavy (non-hydrogen) atoms. The van der Waals surface area contributed by atoms with E-state index in [1.807, 2.05) is 6.92 Å². The molecule has 0 radical (unpaired) electrons. The van der Waals surface area contributed by atoms with Gasteiger partial charge in [0.15, 0.2) is 0 Å². The Labute approximate surface area is 113 Å². The van der Waals surface area contributed by atoms with Crippen LogP contribution >= 0.6 is 0 Å². The summed E-state index contributed by atoms with van der Waals surface area (Å²) in [5.41, 5.74) is 0. The molecule has 0 rings (SSSR count). The Morgan fingerprint density at radius 1 is 0.833 bits per heavy atom. The van der Waals surface area contributed by atoms with E-state index in [1.54, 1.807) is 0 Å². The van der Waals surface area contributed by atoms with E-state index >= 15 is 0 Å². The topological polar surface area (TPSA) is 38.3 Å². The third-order valence-electron chi connectivity index (χ3n) is 3.05. The lowest BCUT2D eigenvalue weighted by molar-refractivity contribution is 0.144. The van der Waals surface area contributed by atoms with E-state index in [2.05, 4.69) is 12.2 Å². The first-order valence-electron chi connectivity index (χ1n) is 7.71. The summed E-state index contributed by atoms with van der Waals surface area (Å²) < 4.78 is 5.00. The van der Waals surface area contributed by atoms with Crippen molar-refractivity contribution in [2.45, 2.75) is 78.1 Å². The highest BCUT2D eigenvalue weighted by Crippen LogP contribution is 2.10. The van der Waals surface area contributed by atoms with Crippen LogP contribution in [0.15, 0.2) is 0 Å². The summed E-state index contributed by atoms with van der Waals surface area (Å²) in [7, 11) is 0. The van der Waals surface area contributed by atoms with Crippen LogP contribution in [-0.4, -0.2) is 19.2 Å². The third kappa shape index (κ3) is 13.3. The molecular formula is C15H31NO2.